The largest absolute Gasteiger partial charge is 0.355 e. The van der Waals surface area contributed by atoms with Gasteiger partial charge in [-0.05, 0) is 38.5 Å². The number of fused-ring (bicyclic) bond motifs is 1. The van der Waals surface area contributed by atoms with Crippen LogP contribution in [0.5, 0.6) is 0 Å². The third kappa shape index (κ3) is 5.81. The highest BCUT2D eigenvalue weighted by Gasteiger charge is 2.18. The van der Waals surface area contributed by atoms with Crippen molar-refractivity contribution >= 4 is 47.1 Å². The maximum atomic E-state index is 12.6. The highest BCUT2D eigenvalue weighted by molar-refractivity contribution is 7.99. The average Bonchev–Trinajstić information content (AvgIpc) is 3.15. The topological polar surface area (TPSA) is 142 Å². The number of hydrogen-bond acceptors (Lipinski definition) is 10. The van der Waals surface area contributed by atoms with Crippen molar-refractivity contribution in [1.29, 1.82) is 0 Å². The van der Waals surface area contributed by atoms with Crippen molar-refractivity contribution in [2.24, 2.45) is 0 Å². The van der Waals surface area contributed by atoms with Crippen LogP contribution < -0.4 is 16.0 Å². The Bertz CT molecular complexity index is 1100. The molecule has 170 valence electrons. The van der Waals surface area contributed by atoms with Gasteiger partial charge in [-0.3, -0.25) is 9.59 Å². The molecule has 0 aliphatic rings. The summed E-state index contributed by atoms with van der Waals surface area (Å²) in [5.74, 6) is 1.34. The average molecular weight is 459 g/mol. The van der Waals surface area contributed by atoms with Gasteiger partial charge in [-0.1, -0.05) is 11.8 Å². The van der Waals surface area contributed by atoms with Crippen molar-refractivity contribution < 1.29 is 9.59 Å². The summed E-state index contributed by atoms with van der Waals surface area (Å²) >= 11 is 1.20. The maximum Gasteiger partial charge on any atom is 0.261 e. The second-order valence-electron chi connectivity index (χ2n) is 6.85. The molecule has 32 heavy (non-hydrogen) atoms. The summed E-state index contributed by atoms with van der Waals surface area (Å²) in [6.07, 6.45) is 1.62. The number of carbonyl (C=O) groups is 2. The van der Waals surface area contributed by atoms with Crippen LogP contribution in [-0.4, -0.2) is 78.7 Å². The lowest BCUT2D eigenvalue weighted by Crippen LogP contribution is -2.36. The van der Waals surface area contributed by atoms with E-state index in [2.05, 4.69) is 41.1 Å². The van der Waals surface area contributed by atoms with E-state index >= 15 is 0 Å². The smallest absolute Gasteiger partial charge is 0.261 e. The first kappa shape index (κ1) is 23.2. The standard InChI is InChI=1S/C19H26N10O2S/c1-5-20-16-24-17(21-6-2)29-18(25-16)26-27-19(29)32-11-15(31)28(4)10-14(30)23-13-9-12(3)7-8-22-13/h7-9H,5-6,10-11H2,1-4H3,(H,22,23,30)(H2,20,21,24,25,26). The molecule has 0 bridgehead atoms. The number of amides is 2. The molecule has 2 amide bonds. The number of rotatable bonds is 10. The van der Waals surface area contributed by atoms with E-state index in [0.717, 1.165) is 5.56 Å². The van der Waals surface area contributed by atoms with Gasteiger partial charge in [0.2, 0.25) is 23.7 Å². The summed E-state index contributed by atoms with van der Waals surface area (Å²) in [5, 5.41) is 17.6. The van der Waals surface area contributed by atoms with Gasteiger partial charge in [0.15, 0.2) is 5.16 Å². The Morgan fingerprint density at radius 1 is 1.16 bits per heavy atom. The summed E-state index contributed by atoms with van der Waals surface area (Å²) in [7, 11) is 1.57. The molecule has 3 aromatic rings. The Hall–Kier alpha value is -3.48. The Morgan fingerprint density at radius 3 is 2.66 bits per heavy atom. The van der Waals surface area contributed by atoms with Crippen LogP contribution in [-0.2, 0) is 9.59 Å². The number of anilines is 3. The fraction of sp³-hybridized carbons (Fsp3) is 0.421. The lowest BCUT2D eigenvalue weighted by molar-refractivity contribution is -0.131. The van der Waals surface area contributed by atoms with E-state index in [1.54, 1.807) is 23.7 Å². The molecule has 0 atom stereocenters. The quantitative estimate of drug-likeness (QED) is 0.380. The van der Waals surface area contributed by atoms with Crippen molar-refractivity contribution in [1.82, 2.24) is 34.4 Å². The third-order valence-electron chi connectivity index (χ3n) is 4.23. The van der Waals surface area contributed by atoms with E-state index in [1.807, 2.05) is 26.8 Å². The summed E-state index contributed by atoms with van der Waals surface area (Å²) < 4.78 is 1.67. The van der Waals surface area contributed by atoms with Gasteiger partial charge < -0.3 is 20.9 Å². The van der Waals surface area contributed by atoms with Crippen LogP contribution >= 0.6 is 11.8 Å². The van der Waals surface area contributed by atoms with Crippen LogP contribution in [0, 0.1) is 6.92 Å². The normalized spacial score (nSPS) is 10.8. The molecule has 0 aliphatic heterocycles. The Labute approximate surface area is 189 Å². The molecular weight excluding hydrogens is 432 g/mol. The van der Waals surface area contributed by atoms with Gasteiger partial charge in [-0.25, -0.2) is 9.38 Å². The number of aromatic nitrogens is 6. The minimum atomic E-state index is -0.323. The molecule has 0 aliphatic carbocycles. The van der Waals surface area contributed by atoms with Crippen LogP contribution in [0.3, 0.4) is 0 Å². The van der Waals surface area contributed by atoms with Crippen molar-refractivity contribution in [3.8, 4) is 0 Å². The van der Waals surface area contributed by atoms with Gasteiger partial charge in [-0.2, -0.15) is 9.97 Å². The lowest BCUT2D eigenvalue weighted by atomic mass is 10.3. The zero-order valence-electron chi connectivity index (χ0n) is 18.4. The van der Waals surface area contributed by atoms with Gasteiger partial charge >= 0.3 is 0 Å². The molecule has 13 heteroatoms. The van der Waals surface area contributed by atoms with Crippen LogP contribution in [0.2, 0.25) is 0 Å². The predicted octanol–water partition coefficient (Wildman–Crippen LogP) is 1.28. The highest BCUT2D eigenvalue weighted by Crippen LogP contribution is 2.21. The van der Waals surface area contributed by atoms with Gasteiger partial charge in [-0.15, -0.1) is 10.2 Å². The number of pyridine rings is 1. The van der Waals surface area contributed by atoms with Crippen molar-refractivity contribution in [3.05, 3.63) is 23.9 Å². The number of aryl methyl sites for hydroxylation is 1. The van der Waals surface area contributed by atoms with Crippen LogP contribution in [0.4, 0.5) is 17.7 Å². The summed E-state index contributed by atoms with van der Waals surface area (Å²) in [5.41, 5.74) is 0.982. The molecule has 3 aromatic heterocycles. The van der Waals surface area contributed by atoms with Crippen molar-refractivity contribution in [2.45, 2.75) is 25.9 Å². The molecule has 0 saturated heterocycles. The first-order valence-electron chi connectivity index (χ1n) is 10.1. The number of likely N-dealkylation sites (N-methyl/N-ethyl adjacent to an activating group) is 1. The molecule has 3 heterocycles. The second-order valence-corrected chi connectivity index (χ2v) is 7.80. The molecule has 0 fully saturated rings. The molecule has 3 rings (SSSR count). The molecule has 0 saturated carbocycles. The third-order valence-corrected chi connectivity index (χ3v) is 5.14. The molecule has 0 aromatic carbocycles. The van der Waals surface area contributed by atoms with E-state index in [-0.39, 0.29) is 24.1 Å². The van der Waals surface area contributed by atoms with Crippen molar-refractivity contribution in [3.63, 3.8) is 0 Å². The SMILES string of the molecule is CCNc1nc(NCC)n2c(SCC(=O)N(C)CC(=O)Nc3cc(C)ccn3)nnc2n1. The van der Waals surface area contributed by atoms with Gasteiger partial charge in [0, 0.05) is 26.3 Å². The number of thioether (sulfide) groups is 1. The number of nitrogens with one attached hydrogen (secondary N) is 3. The Morgan fingerprint density at radius 2 is 1.94 bits per heavy atom. The highest BCUT2D eigenvalue weighted by atomic mass is 32.2. The minimum Gasteiger partial charge on any atom is -0.355 e. The van der Waals surface area contributed by atoms with Gasteiger partial charge in [0.05, 0.1) is 12.3 Å². The maximum absolute atomic E-state index is 12.6. The van der Waals surface area contributed by atoms with Gasteiger partial charge in [0.1, 0.15) is 5.82 Å². The molecule has 0 unspecified atom stereocenters. The number of carbonyl (C=O) groups excluding carboxylic acids is 2. The first-order valence-corrected chi connectivity index (χ1v) is 11.1. The molecule has 0 spiro atoms. The molecule has 0 radical (unpaired) electrons. The summed E-state index contributed by atoms with van der Waals surface area (Å²) in [4.78, 5) is 39.0. The van der Waals surface area contributed by atoms with Gasteiger partial charge in [0.25, 0.3) is 5.78 Å². The monoisotopic (exact) mass is 458 g/mol. The fourth-order valence-electron chi connectivity index (χ4n) is 2.72. The van der Waals surface area contributed by atoms with E-state index in [1.165, 1.54) is 16.7 Å². The summed E-state index contributed by atoms with van der Waals surface area (Å²) in [6, 6.07) is 3.60. The zero-order valence-corrected chi connectivity index (χ0v) is 19.2. The summed E-state index contributed by atoms with van der Waals surface area (Å²) in [6.45, 7) is 7.04. The van der Waals surface area contributed by atoms with E-state index in [9.17, 15) is 9.59 Å². The van der Waals surface area contributed by atoms with Crippen LogP contribution in [0.25, 0.3) is 5.78 Å². The first-order chi connectivity index (χ1) is 15.4. The molecule has 12 nitrogen and oxygen atoms in total. The minimum absolute atomic E-state index is 0.0772. The zero-order chi connectivity index (χ0) is 23.1. The Balaban J connectivity index is 1.62. The van der Waals surface area contributed by atoms with E-state index in [0.29, 0.717) is 41.7 Å². The number of hydrogen-bond donors (Lipinski definition) is 3. The van der Waals surface area contributed by atoms with Crippen LogP contribution in [0.1, 0.15) is 19.4 Å². The Kier molecular flexibility index (Phi) is 7.76. The van der Waals surface area contributed by atoms with Crippen LogP contribution in [0.15, 0.2) is 23.5 Å². The molecular formula is C19H26N10O2S. The number of nitrogens with zero attached hydrogens (tertiary/aromatic N) is 7. The van der Waals surface area contributed by atoms with Crippen molar-refractivity contribution in [2.75, 3.05) is 48.4 Å². The van der Waals surface area contributed by atoms with E-state index in [4.69, 9.17) is 0 Å². The fourth-order valence-corrected chi connectivity index (χ4v) is 3.59. The predicted molar refractivity (Wildman–Crippen MR) is 123 cm³/mol. The second kappa shape index (κ2) is 10.7. The lowest BCUT2D eigenvalue weighted by Gasteiger charge is -2.16. The molecule has 3 N–H and O–H groups in total. The van der Waals surface area contributed by atoms with E-state index < -0.39 is 0 Å².